The van der Waals surface area contributed by atoms with Crippen molar-refractivity contribution in [3.63, 3.8) is 0 Å². The average molecular weight is 1050 g/mol. The lowest BCUT2D eigenvalue weighted by Crippen LogP contribution is -2.56. The van der Waals surface area contributed by atoms with Gasteiger partial charge in [-0.05, 0) is 189 Å². The maximum absolute atomic E-state index is 12.0. The maximum Gasteiger partial charge on any atom is 0.376 e. The summed E-state index contributed by atoms with van der Waals surface area (Å²) in [6.45, 7) is 16.5. The summed E-state index contributed by atoms with van der Waals surface area (Å²) in [5.74, 6) is -0.699. The highest BCUT2D eigenvalue weighted by Crippen LogP contribution is 2.28. The third-order valence-electron chi connectivity index (χ3n) is 16.3. The SMILES string of the molecule is CB(O)N1CCC(=O)CC1.CB(O)N1CCC(N2CCCCC2C(=O)O)CC1.CNC(=O)C1CCCCN1C1CCN(B(C)O)CC1.CNC(=O)[C@H]1CCCCN1C1CCNCC1.CO.O=C(O)[C@H]1CCCCN1. The molecule has 4 atom stereocenters. The number of likely N-dealkylation sites (N-methyl/N-ethyl adjacent to an activating group) is 2. The second-order valence-electron chi connectivity index (χ2n) is 21.1. The molecule has 8 aliphatic rings. The van der Waals surface area contributed by atoms with Gasteiger partial charge in [0, 0.05) is 52.2 Å². The van der Waals surface area contributed by atoms with Gasteiger partial charge >= 0.3 is 33.1 Å². The van der Waals surface area contributed by atoms with Crippen molar-refractivity contribution < 1.29 is 54.4 Å². The zero-order valence-electron chi connectivity index (χ0n) is 46.3. The molecular formula is C50H99B3N10O11. The molecule has 0 spiro atoms. The van der Waals surface area contributed by atoms with Crippen molar-refractivity contribution in [1.29, 1.82) is 0 Å². The van der Waals surface area contributed by atoms with Crippen molar-refractivity contribution in [2.75, 3.05) is 99.7 Å². The molecule has 10 N–H and O–H groups in total. The molecule has 2 amide bonds. The zero-order chi connectivity index (χ0) is 54.6. The standard InChI is InChI=1S/C13H26BN3O2.C12H23BN2O3.C12H23N3O.C6H12BNO2.C6H11NO2.CH4O/c1-14(19)16-9-6-11(7-10-16)17-8-4-3-5-12(17)13(18)15-2;1-13(18)14-8-5-10(6-9-14)15-7-3-2-4-11(15)12(16)17;1-13-12(16)11-4-2-3-9-15(11)10-5-7-14-8-6-10;1-7(10)8-4-2-6(9)3-5-8;8-6(9)5-3-1-2-4-7-5;1-2/h11-12,19H,3-10H2,1-2H3,(H,15,18);10-11,18H,2-9H2,1H3,(H,16,17);10-11,14H,2-9H2,1H3,(H,13,16);10H,2-5H2,1H3;5,7H,1-4H2,(H,8,9);2H,1H3/t;;11-;;5-;/m..1.1./s1. The lowest BCUT2D eigenvalue weighted by atomic mass is 9.81. The monoisotopic (exact) mass is 1050 g/mol. The molecule has 8 aliphatic heterocycles. The molecule has 0 aliphatic carbocycles. The Morgan fingerprint density at radius 2 is 0.838 bits per heavy atom. The van der Waals surface area contributed by atoms with E-state index in [1.54, 1.807) is 27.7 Å². The number of likely N-dealkylation sites (tertiary alicyclic amines) is 3. The van der Waals surface area contributed by atoms with Gasteiger partial charge in [-0.3, -0.25) is 38.7 Å². The normalized spacial score (nSPS) is 26.4. The fourth-order valence-corrected chi connectivity index (χ4v) is 11.9. The Balaban J connectivity index is 0.000000248. The van der Waals surface area contributed by atoms with E-state index in [2.05, 4.69) is 45.6 Å². The quantitative estimate of drug-likeness (QED) is 0.134. The second kappa shape index (κ2) is 36.4. The van der Waals surface area contributed by atoms with E-state index < -0.39 is 19.0 Å². The summed E-state index contributed by atoms with van der Waals surface area (Å²) in [6.07, 6.45) is 20.3. The molecule has 424 valence electrons. The summed E-state index contributed by atoms with van der Waals surface area (Å²) in [5.41, 5.74) is 0. The fraction of sp³-hybridized carbons (Fsp3) is 0.900. The molecule has 8 heterocycles. The summed E-state index contributed by atoms with van der Waals surface area (Å²) in [5, 5.41) is 64.9. The molecule has 0 saturated carbocycles. The number of aliphatic hydroxyl groups is 1. The number of piperidine rings is 8. The third-order valence-corrected chi connectivity index (χ3v) is 16.3. The number of carboxylic acid groups (broad SMARTS) is 2. The first-order valence-corrected chi connectivity index (χ1v) is 28.4. The maximum atomic E-state index is 12.0. The molecule has 0 aromatic heterocycles. The number of rotatable bonds is 10. The highest BCUT2D eigenvalue weighted by molar-refractivity contribution is 6.46. The van der Waals surface area contributed by atoms with E-state index >= 15 is 0 Å². The van der Waals surface area contributed by atoms with Crippen molar-refractivity contribution in [2.45, 2.75) is 191 Å². The van der Waals surface area contributed by atoms with Crippen molar-refractivity contribution >= 4 is 50.7 Å². The van der Waals surface area contributed by atoms with Gasteiger partial charge < -0.3 is 66.1 Å². The summed E-state index contributed by atoms with van der Waals surface area (Å²) in [6, 6.07) is 1.10. The summed E-state index contributed by atoms with van der Waals surface area (Å²) in [4.78, 5) is 69.2. The molecule has 24 heteroatoms. The molecule has 2 unspecified atom stereocenters. The minimum atomic E-state index is -0.713. The van der Waals surface area contributed by atoms with Gasteiger partial charge in [-0.15, -0.1) is 0 Å². The third kappa shape index (κ3) is 22.3. The molecule has 74 heavy (non-hydrogen) atoms. The number of nitrogens with one attached hydrogen (secondary N) is 4. The van der Waals surface area contributed by atoms with Gasteiger partial charge in [0.05, 0.1) is 12.1 Å². The number of amides is 2. The van der Waals surface area contributed by atoms with Crippen molar-refractivity contribution in [1.82, 2.24) is 50.4 Å². The molecule has 0 aromatic rings. The molecule has 0 radical (unpaired) electrons. The smallest absolute Gasteiger partial charge is 0.376 e. The molecular weight excluding hydrogens is 949 g/mol. The first-order chi connectivity index (χ1) is 35.6. The minimum absolute atomic E-state index is 0.0573. The first kappa shape index (κ1) is 65.5. The molecule has 21 nitrogen and oxygen atoms in total. The van der Waals surface area contributed by atoms with Crippen LogP contribution < -0.4 is 21.3 Å². The Morgan fingerprint density at radius 1 is 0.473 bits per heavy atom. The number of carbonyl (C=O) groups excluding carboxylic acids is 3. The van der Waals surface area contributed by atoms with E-state index in [1.165, 1.54) is 32.1 Å². The van der Waals surface area contributed by atoms with Crippen molar-refractivity contribution in [3.05, 3.63) is 0 Å². The van der Waals surface area contributed by atoms with Crippen LogP contribution in [-0.4, -0.2) is 252 Å². The fourth-order valence-electron chi connectivity index (χ4n) is 11.9. The van der Waals surface area contributed by atoms with E-state index in [4.69, 9.17) is 15.2 Å². The molecule has 0 aromatic carbocycles. The van der Waals surface area contributed by atoms with Crippen molar-refractivity contribution in [2.24, 2.45) is 0 Å². The Morgan fingerprint density at radius 3 is 1.18 bits per heavy atom. The minimum Gasteiger partial charge on any atom is -0.480 e. The van der Waals surface area contributed by atoms with Crippen LogP contribution in [0.15, 0.2) is 0 Å². The molecule has 0 bridgehead atoms. The Labute approximate surface area is 445 Å². The number of hydrogen-bond acceptors (Lipinski definition) is 17. The van der Waals surface area contributed by atoms with E-state index in [-0.39, 0.29) is 50.1 Å². The van der Waals surface area contributed by atoms with Crippen LogP contribution in [0.5, 0.6) is 0 Å². The van der Waals surface area contributed by atoms with Crippen LogP contribution in [0.1, 0.15) is 128 Å². The highest BCUT2D eigenvalue weighted by atomic mass is 16.4. The molecule has 8 fully saturated rings. The zero-order valence-corrected chi connectivity index (χ0v) is 46.3. The van der Waals surface area contributed by atoms with E-state index in [1.807, 2.05) is 11.6 Å². The highest BCUT2D eigenvalue weighted by Gasteiger charge is 2.38. The van der Waals surface area contributed by atoms with Crippen LogP contribution in [0.4, 0.5) is 0 Å². The van der Waals surface area contributed by atoms with Crippen LogP contribution >= 0.6 is 0 Å². The number of carbonyl (C=O) groups is 5. The lowest BCUT2D eigenvalue weighted by molar-refractivity contribution is -0.146. The molecule has 8 rings (SSSR count). The largest absolute Gasteiger partial charge is 0.480 e. The van der Waals surface area contributed by atoms with Crippen LogP contribution in [0, 0.1) is 0 Å². The summed E-state index contributed by atoms with van der Waals surface area (Å²) in [7, 11) is 3.34. The number of aliphatic hydroxyl groups excluding tert-OH is 1. The molecule has 8 saturated heterocycles. The average Bonchev–Trinajstić information content (AvgIpc) is 3.44. The Hall–Kier alpha value is -2.74. The number of nitrogens with zero attached hydrogens (tertiary/aromatic N) is 6. The Bertz CT molecular complexity index is 1600. The number of ketones is 1. The predicted octanol–water partition coefficient (Wildman–Crippen LogP) is 0.584. The van der Waals surface area contributed by atoms with E-state index in [9.17, 15) is 39.1 Å². The Kier molecular flexibility index (Phi) is 32.2. The van der Waals surface area contributed by atoms with Crippen molar-refractivity contribution in [3.8, 4) is 0 Å². The topological polar surface area (TPSA) is 274 Å². The van der Waals surface area contributed by atoms with E-state index in [0.29, 0.717) is 36.8 Å². The van der Waals surface area contributed by atoms with Gasteiger partial charge in [0.1, 0.15) is 17.9 Å². The first-order valence-electron chi connectivity index (χ1n) is 28.4. The van der Waals surface area contributed by atoms with Gasteiger partial charge in [0.25, 0.3) is 0 Å². The van der Waals surface area contributed by atoms with Gasteiger partial charge in [0.2, 0.25) is 11.8 Å². The van der Waals surface area contributed by atoms with Crippen LogP contribution in [0.3, 0.4) is 0 Å². The van der Waals surface area contributed by atoms with Crippen LogP contribution in [0.2, 0.25) is 20.5 Å². The second-order valence-corrected chi connectivity index (χ2v) is 21.1. The van der Waals surface area contributed by atoms with Gasteiger partial charge in [-0.25, -0.2) is 0 Å². The lowest BCUT2D eigenvalue weighted by Gasteiger charge is -2.44. The van der Waals surface area contributed by atoms with E-state index in [0.717, 1.165) is 169 Å². The van der Waals surface area contributed by atoms with Gasteiger partial charge in [-0.2, -0.15) is 0 Å². The van der Waals surface area contributed by atoms with Crippen LogP contribution in [0.25, 0.3) is 0 Å². The summed E-state index contributed by atoms with van der Waals surface area (Å²) < 4.78 is 0. The van der Waals surface area contributed by atoms with Gasteiger partial charge in [0.15, 0.2) is 0 Å². The number of Topliss-reactive ketones (excluding diaryl/α,β-unsaturated/α-hetero) is 1. The predicted molar refractivity (Wildman–Crippen MR) is 293 cm³/mol. The van der Waals surface area contributed by atoms with Gasteiger partial charge in [-0.1, -0.05) is 25.7 Å². The number of carboxylic acids is 2. The summed E-state index contributed by atoms with van der Waals surface area (Å²) >= 11 is 0. The number of hydrogen-bond donors (Lipinski definition) is 10. The van der Waals surface area contributed by atoms with Crippen LogP contribution in [-0.2, 0) is 24.0 Å². The number of aliphatic carboxylic acids is 2.